The van der Waals surface area contributed by atoms with Gasteiger partial charge in [0.25, 0.3) is 10.0 Å². The maximum Gasteiger partial charge on any atom is 0.264 e. The second kappa shape index (κ2) is 14.6. The van der Waals surface area contributed by atoms with E-state index in [2.05, 4.69) is 21.2 Å². The zero-order chi connectivity index (χ0) is 31.9. The Kier molecular flexibility index (Phi) is 10.9. The van der Waals surface area contributed by atoms with Crippen LogP contribution in [-0.4, -0.2) is 43.8 Å². The average molecular weight is 681 g/mol. The molecule has 0 saturated carbocycles. The minimum absolute atomic E-state index is 0.0299. The molecule has 0 aliphatic rings. The van der Waals surface area contributed by atoms with Crippen molar-refractivity contribution in [3.63, 3.8) is 0 Å². The van der Waals surface area contributed by atoms with E-state index in [1.54, 1.807) is 48.5 Å². The number of carbonyl (C=O) groups is 2. The predicted molar refractivity (Wildman–Crippen MR) is 174 cm³/mol. The van der Waals surface area contributed by atoms with Crippen LogP contribution in [0.25, 0.3) is 0 Å². The van der Waals surface area contributed by atoms with Crippen LogP contribution < -0.4 is 9.62 Å². The predicted octanol–water partition coefficient (Wildman–Crippen LogP) is 6.26. The van der Waals surface area contributed by atoms with Gasteiger partial charge in [0.1, 0.15) is 18.4 Å². The number of sulfonamides is 1. The highest BCUT2D eigenvalue weighted by Crippen LogP contribution is 2.27. The van der Waals surface area contributed by atoms with Gasteiger partial charge < -0.3 is 10.2 Å². The number of halogens is 2. The minimum atomic E-state index is -4.19. The maximum absolute atomic E-state index is 14.4. The number of hydrogen-bond donors (Lipinski definition) is 1. The number of anilines is 1. The van der Waals surface area contributed by atoms with Crippen molar-refractivity contribution in [1.29, 1.82) is 0 Å². The van der Waals surface area contributed by atoms with Crippen LogP contribution in [-0.2, 0) is 32.6 Å². The molecule has 4 rings (SSSR count). The molecule has 10 heteroatoms. The lowest BCUT2D eigenvalue weighted by Gasteiger charge is -2.34. The number of aryl methyl sites for hydroxylation is 1. The molecule has 0 heterocycles. The average Bonchev–Trinajstić information content (AvgIpc) is 2.99. The van der Waals surface area contributed by atoms with Gasteiger partial charge in [-0.2, -0.15) is 0 Å². The lowest BCUT2D eigenvalue weighted by Crippen LogP contribution is -2.54. The first-order valence-corrected chi connectivity index (χ1v) is 16.4. The molecule has 0 fully saturated rings. The van der Waals surface area contributed by atoms with Crippen LogP contribution in [0.3, 0.4) is 0 Å². The third-order valence-electron chi connectivity index (χ3n) is 6.97. The normalized spacial score (nSPS) is 12.0. The zero-order valence-corrected chi connectivity index (χ0v) is 27.2. The van der Waals surface area contributed by atoms with Gasteiger partial charge in [0.05, 0.1) is 10.6 Å². The molecular weight excluding hydrogens is 645 g/mol. The van der Waals surface area contributed by atoms with Crippen molar-refractivity contribution in [2.45, 2.75) is 50.7 Å². The Morgan fingerprint density at radius 1 is 0.841 bits per heavy atom. The summed E-state index contributed by atoms with van der Waals surface area (Å²) in [6.45, 7) is 4.90. The lowest BCUT2D eigenvalue weighted by molar-refractivity contribution is -0.140. The lowest BCUT2D eigenvalue weighted by atomic mass is 10.0. The molecule has 0 saturated heterocycles. The molecule has 0 aliphatic heterocycles. The molecule has 230 valence electrons. The summed E-state index contributed by atoms with van der Waals surface area (Å²) in [5.41, 5.74) is 2.59. The van der Waals surface area contributed by atoms with Crippen LogP contribution in [0, 0.1) is 12.7 Å². The summed E-state index contributed by atoms with van der Waals surface area (Å²) < 4.78 is 43.7. The minimum Gasteiger partial charge on any atom is -0.352 e. The number of benzene rings is 4. The van der Waals surface area contributed by atoms with E-state index in [1.165, 1.54) is 29.2 Å². The first kappa shape index (κ1) is 32.9. The fraction of sp³-hybridized carbons (Fsp3) is 0.235. The van der Waals surface area contributed by atoms with Crippen molar-refractivity contribution in [2.24, 2.45) is 0 Å². The van der Waals surface area contributed by atoms with E-state index < -0.39 is 34.3 Å². The number of carbonyl (C=O) groups excluding carboxylic acids is 2. The molecule has 2 amide bonds. The van der Waals surface area contributed by atoms with Crippen molar-refractivity contribution in [3.05, 3.63) is 130 Å². The first-order chi connectivity index (χ1) is 20.9. The molecule has 44 heavy (non-hydrogen) atoms. The van der Waals surface area contributed by atoms with Gasteiger partial charge in [-0.15, -0.1) is 0 Å². The van der Waals surface area contributed by atoms with Crippen LogP contribution >= 0.6 is 15.9 Å². The number of rotatable bonds is 12. The summed E-state index contributed by atoms with van der Waals surface area (Å²) in [5.74, 6) is -1.40. The van der Waals surface area contributed by atoms with Crippen LogP contribution in [0.5, 0.6) is 0 Å². The summed E-state index contributed by atoms with van der Waals surface area (Å²) in [5, 5.41) is 2.92. The highest BCUT2D eigenvalue weighted by Gasteiger charge is 2.34. The van der Waals surface area contributed by atoms with Crippen molar-refractivity contribution in [1.82, 2.24) is 10.2 Å². The molecule has 0 aromatic heterocycles. The Morgan fingerprint density at radius 2 is 1.45 bits per heavy atom. The summed E-state index contributed by atoms with van der Waals surface area (Å²) >= 11 is 3.39. The smallest absolute Gasteiger partial charge is 0.264 e. The molecule has 4 aromatic rings. The molecule has 0 radical (unpaired) electrons. The Balaban J connectivity index is 1.79. The third-order valence-corrected chi connectivity index (χ3v) is 9.29. The largest absolute Gasteiger partial charge is 0.352 e. The van der Waals surface area contributed by atoms with Gasteiger partial charge in [-0.25, -0.2) is 12.8 Å². The monoisotopic (exact) mass is 679 g/mol. The Morgan fingerprint density at radius 3 is 2.05 bits per heavy atom. The number of amides is 2. The third kappa shape index (κ3) is 8.54. The Bertz CT molecular complexity index is 1660. The van der Waals surface area contributed by atoms with Crippen LogP contribution in [0.4, 0.5) is 10.1 Å². The van der Waals surface area contributed by atoms with E-state index in [0.29, 0.717) is 5.56 Å². The Hall–Kier alpha value is -4.02. The highest BCUT2D eigenvalue weighted by atomic mass is 79.9. The van der Waals surface area contributed by atoms with E-state index in [9.17, 15) is 22.4 Å². The zero-order valence-electron chi connectivity index (χ0n) is 24.8. The summed E-state index contributed by atoms with van der Waals surface area (Å²) in [7, 11) is -4.19. The second-order valence-electron chi connectivity index (χ2n) is 10.8. The Labute approximate surface area is 266 Å². The van der Waals surface area contributed by atoms with Gasteiger partial charge in [0.15, 0.2) is 0 Å². The molecule has 0 aliphatic carbocycles. The molecule has 1 N–H and O–H groups in total. The molecule has 0 spiro atoms. The maximum atomic E-state index is 14.4. The number of nitrogens with zero attached hydrogens (tertiary/aromatic N) is 2. The molecule has 1 atom stereocenters. The van der Waals surface area contributed by atoms with Crippen LogP contribution in [0.2, 0.25) is 0 Å². The van der Waals surface area contributed by atoms with E-state index >= 15 is 0 Å². The standard InChI is InChI=1S/C34H35BrFN3O4S/c1-24(2)37-34(41)32(21-26-7-5-4-6-8-26)38(22-27-11-15-29(36)16-12-27)33(40)23-39(30-17-13-28(35)14-18-30)44(42,43)31-19-9-25(3)10-20-31/h4-20,24,32H,21-23H2,1-3H3,(H,37,41). The number of nitrogens with one attached hydrogen (secondary N) is 1. The van der Waals surface area contributed by atoms with Crippen LogP contribution in [0.15, 0.2) is 112 Å². The highest BCUT2D eigenvalue weighted by molar-refractivity contribution is 9.10. The summed E-state index contributed by atoms with van der Waals surface area (Å²) in [4.78, 5) is 29.5. The van der Waals surface area contributed by atoms with Gasteiger partial charge in [0, 0.05) is 23.5 Å². The van der Waals surface area contributed by atoms with Crippen molar-refractivity contribution in [3.8, 4) is 0 Å². The quantitative estimate of drug-likeness (QED) is 0.192. The fourth-order valence-corrected chi connectivity index (χ4v) is 6.37. The molecule has 4 aromatic carbocycles. The van der Waals surface area contributed by atoms with Crippen molar-refractivity contribution < 1.29 is 22.4 Å². The molecule has 1 unspecified atom stereocenters. The first-order valence-electron chi connectivity index (χ1n) is 14.2. The van der Waals surface area contributed by atoms with E-state index in [-0.39, 0.29) is 35.5 Å². The van der Waals surface area contributed by atoms with E-state index in [1.807, 2.05) is 51.1 Å². The number of hydrogen-bond acceptors (Lipinski definition) is 4. The van der Waals surface area contributed by atoms with Crippen LogP contribution in [0.1, 0.15) is 30.5 Å². The molecular formula is C34H35BrFN3O4S. The fourth-order valence-electron chi connectivity index (χ4n) is 4.69. The summed E-state index contributed by atoms with van der Waals surface area (Å²) in [6.07, 6.45) is 0.190. The van der Waals surface area contributed by atoms with Gasteiger partial charge >= 0.3 is 0 Å². The topological polar surface area (TPSA) is 86.8 Å². The van der Waals surface area contributed by atoms with Gasteiger partial charge in [0.2, 0.25) is 11.8 Å². The second-order valence-corrected chi connectivity index (χ2v) is 13.6. The molecule has 7 nitrogen and oxygen atoms in total. The van der Waals surface area contributed by atoms with E-state index in [0.717, 1.165) is 19.9 Å². The van der Waals surface area contributed by atoms with Crippen molar-refractivity contribution in [2.75, 3.05) is 10.8 Å². The van der Waals surface area contributed by atoms with Crippen molar-refractivity contribution >= 4 is 43.5 Å². The summed E-state index contributed by atoms with van der Waals surface area (Å²) in [6, 6.07) is 26.8. The SMILES string of the molecule is Cc1ccc(S(=O)(=O)N(CC(=O)N(Cc2ccc(F)cc2)C(Cc2ccccc2)C(=O)NC(C)C)c2ccc(Br)cc2)cc1. The molecule has 0 bridgehead atoms. The van der Waals surface area contributed by atoms with Gasteiger partial charge in [-0.3, -0.25) is 13.9 Å². The van der Waals surface area contributed by atoms with Gasteiger partial charge in [-0.05, 0) is 80.4 Å². The van der Waals surface area contributed by atoms with Gasteiger partial charge in [-0.1, -0.05) is 76.1 Å². The van der Waals surface area contributed by atoms with E-state index in [4.69, 9.17) is 0 Å².